The highest BCUT2D eigenvalue weighted by molar-refractivity contribution is 5.40. The predicted molar refractivity (Wildman–Crippen MR) is 72.3 cm³/mol. The fourth-order valence-electron chi connectivity index (χ4n) is 2.41. The molecule has 0 radical (unpaired) electrons. The third-order valence-electron chi connectivity index (χ3n) is 3.68. The van der Waals surface area contributed by atoms with Crippen molar-refractivity contribution in [1.29, 1.82) is 0 Å². The third kappa shape index (κ3) is 3.32. The summed E-state index contributed by atoms with van der Waals surface area (Å²) in [5.74, 6) is 1.68. The minimum Gasteiger partial charge on any atom is -0.388 e. The molecule has 1 aliphatic rings. The number of hydrogen-bond donors (Lipinski definition) is 3. The number of anilines is 2. The molecule has 5 nitrogen and oxygen atoms in total. The lowest BCUT2D eigenvalue weighted by Gasteiger charge is -2.35. The van der Waals surface area contributed by atoms with Gasteiger partial charge >= 0.3 is 0 Å². The number of hydrogen-bond acceptors (Lipinski definition) is 5. The lowest BCUT2D eigenvalue weighted by atomic mass is 9.79. The number of nitrogens with one attached hydrogen (secondary N) is 1. The fourth-order valence-corrected chi connectivity index (χ4v) is 2.41. The SMILES string of the molecule is Cc1cc(NCC2(O)CCC(C)CC2)nc(N)n1. The topological polar surface area (TPSA) is 84.1 Å². The first-order valence-corrected chi connectivity index (χ1v) is 6.54. The summed E-state index contributed by atoms with van der Waals surface area (Å²) >= 11 is 0. The number of aryl methyl sites for hydroxylation is 1. The zero-order chi connectivity index (χ0) is 13.2. The number of nitrogen functional groups attached to an aromatic ring is 1. The molecule has 2 rings (SSSR count). The van der Waals surface area contributed by atoms with Gasteiger partial charge in [0.15, 0.2) is 0 Å². The molecule has 4 N–H and O–H groups in total. The Morgan fingerprint density at radius 2 is 2.11 bits per heavy atom. The smallest absolute Gasteiger partial charge is 0.222 e. The van der Waals surface area contributed by atoms with E-state index >= 15 is 0 Å². The van der Waals surface area contributed by atoms with Gasteiger partial charge in [0.25, 0.3) is 0 Å². The number of aromatic nitrogens is 2. The first-order valence-electron chi connectivity index (χ1n) is 6.54. The van der Waals surface area contributed by atoms with Crippen LogP contribution in [0.1, 0.15) is 38.3 Å². The summed E-state index contributed by atoms with van der Waals surface area (Å²) < 4.78 is 0. The van der Waals surface area contributed by atoms with Crippen molar-refractivity contribution in [2.45, 2.75) is 45.1 Å². The molecule has 0 saturated heterocycles. The second-order valence-electron chi connectivity index (χ2n) is 5.51. The van der Waals surface area contributed by atoms with Crippen molar-refractivity contribution < 1.29 is 5.11 Å². The Bertz CT molecular complexity index is 393. The Morgan fingerprint density at radius 3 is 2.72 bits per heavy atom. The van der Waals surface area contributed by atoms with Crippen molar-refractivity contribution in [3.63, 3.8) is 0 Å². The Balaban J connectivity index is 1.94. The van der Waals surface area contributed by atoms with Crippen LogP contribution in [-0.4, -0.2) is 27.2 Å². The third-order valence-corrected chi connectivity index (χ3v) is 3.68. The molecular weight excluding hydrogens is 228 g/mol. The maximum atomic E-state index is 10.5. The van der Waals surface area contributed by atoms with Gasteiger partial charge in [-0.3, -0.25) is 0 Å². The molecule has 0 aromatic carbocycles. The predicted octanol–water partition coefficient (Wildman–Crippen LogP) is 1.72. The van der Waals surface area contributed by atoms with Crippen LogP contribution >= 0.6 is 0 Å². The zero-order valence-electron chi connectivity index (χ0n) is 11.1. The van der Waals surface area contributed by atoms with Crippen LogP contribution in [0.25, 0.3) is 0 Å². The van der Waals surface area contributed by atoms with Crippen LogP contribution in [-0.2, 0) is 0 Å². The minimum absolute atomic E-state index is 0.266. The van der Waals surface area contributed by atoms with Gasteiger partial charge < -0.3 is 16.2 Å². The molecule has 1 fully saturated rings. The van der Waals surface area contributed by atoms with E-state index in [1.54, 1.807) is 0 Å². The molecule has 0 spiro atoms. The summed E-state index contributed by atoms with van der Waals surface area (Å²) in [5, 5.41) is 13.6. The van der Waals surface area contributed by atoms with Crippen LogP contribution in [0.4, 0.5) is 11.8 Å². The average molecular weight is 250 g/mol. The van der Waals surface area contributed by atoms with Gasteiger partial charge in [-0.25, -0.2) is 4.98 Å². The van der Waals surface area contributed by atoms with Crippen molar-refractivity contribution in [3.05, 3.63) is 11.8 Å². The molecule has 1 aromatic heterocycles. The molecule has 1 aromatic rings. The summed E-state index contributed by atoms with van der Waals surface area (Å²) in [4.78, 5) is 8.13. The van der Waals surface area contributed by atoms with E-state index in [2.05, 4.69) is 22.2 Å². The van der Waals surface area contributed by atoms with E-state index < -0.39 is 5.60 Å². The molecule has 0 amide bonds. The number of rotatable bonds is 3. The summed E-state index contributed by atoms with van der Waals surface area (Å²) in [7, 11) is 0. The molecule has 1 saturated carbocycles. The molecule has 100 valence electrons. The Morgan fingerprint density at radius 1 is 1.44 bits per heavy atom. The van der Waals surface area contributed by atoms with Crippen molar-refractivity contribution >= 4 is 11.8 Å². The molecule has 0 aliphatic heterocycles. The lowest BCUT2D eigenvalue weighted by Crippen LogP contribution is -2.40. The molecule has 0 atom stereocenters. The van der Waals surface area contributed by atoms with Crippen molar-refractivity contribution in [1.82, 2.24) is 9.97 Å². The molecule has 0 unspecified atom stereocenters. The fraction of sp³-hybridized carbons (Fsp3) is 0.692. The maximum Gasteiger partial charge on any atom is 0.222 e. The monoisotopic (exact) mass is 250 g/mol. The van der Waals surface area contributed by atoms with Crippen LogP contribution in [0.5, 0.6) is 0 Å². The molecule has 5 heteroatoms. The molecule has 18 heavy (non-hydrogen) atoms. The second-order valence-corrected chi connectivity index (χ2v) is 5.51. The highest BCUT2D eigenvalue weighted by Crippen LogP contribution is 2.31. The van der Waals surface area contributed by atoms with E-state index in [1.165, 1.54) is 0 Å². The van der Waals surface area contributed by atoms with Crippen LogP contribution in [0.3, 0.4) is 0 Å². The standard InChI is InChI=1S/C13H22N4O/c1-9-3-5-13(18,6-4-9)8-15-11-7-10(2)16-12(14)17-11/h7,9,18H,3-6,8H2,1-2H3,(H3,14,15,16,17). The lowest BCUT2D eigenvalue weighted by molar-refractivity contribution is 0.00494. The first-order chi connectivity index (χ1) is 8.47. The number of aliphatic hydroxyl groups is 1. The van der Waals surface area contributed by atoms with Crippen LogP contribution < -0.4 is 11.1 Å². The average Bonchev–Trinajstić information content (AvgIpc) is 2.30. The Hall–Kier alpha value is -1.36. The van der Waals surface area contributed by atoms with E-state index in [0.717, 1.165) is 37.3 Å². The van der Waals surface area contributed by atoms with E-state index in [-0.39, 0.29) is 5.95 Å². The quantitative estimate of drug-likeness (QED) is 0.760. The summed E-state index contributed by atoms with van der Waals surface area (Å²) in [6, 6.07) is 1.84. The molecule has 1 heterocycles. The first kappa shape index (κ1) is 13.1. The van der Waals surface area contributed by atoms with E-state index in [4.69, 9.17) is 5.73 Å². The molecule has 0 bridgehead atoms. The highest BCUT2D eigenvalue weighted by Gasteiger charge is 2.31. The van der Waals surface area contributed by atoms with Crippen LogP contribution in [0.2, 0.25) is 0 Å². The van der Waals surface area contributed by atoms with Gasteiger partial charge in [0.2, 0.25) is 5.95 Å². The van der Waals surface area contributed by atoms with E-state index in [1.807, 2.05) is 13.0 Å². The maximum absolute atomic E-state index is 10.5. The van der Waals surface area contributed by atoms with Crippen molar-refractivity contribution in [3.8, 4) is 0 Å². The largest absolute Gasteiger partial charge is 0.388 e. The van der Waals surface area contributed by atoms with E-state index in [0.29, 0.717) is 12.4 Å². The van der Waals surface area contributed by atoms with Crippen molar-refractivity contribution in [2.24, 2.45) is 5.92 Å². The molecule has 1 aliphatic carbocycles. The van der Waals surface area contributed by atoms with Gasteiger partial charge in [-0.05, 0) is 38.5 Å². The summed E-state index contributed by atoms with van der Waals surface area (Å²) in [6.45, 7) is 4.64. The summed E-state index contributed by atoms with van der Waals surface area (Å²) in [6.07, 6.45) is 3.87. The van der Waals surface area contributed by atoms with E-state index in [9.17, 15) is 5.11 Å². The number of nitrogens with two attached hydrogens (primary N) is 1. The Labute approximate surface area is 108 Å². The zero-order valence-corrected chi connectivity index (χ0v) is 11.1. The molecular formula is C13H22N4O. The van der Waals surface area contributed by atoms with Crippen LogP contribution in [0, 0.1) is 12.8 Å². The minimum atomic E-state index is -0.611. The van der Waals surface area contributed by atoms with Gasteiger partial charge in [-0.2, -0.15) is 4.98 Å². The van der Waals surface area contributed by atoms with Gasteiger partial charge in [0.1, 0.15) is 5.82 Å². The van der Waals surface area contributed by atoms with Gasteiger partial charge in [-0.1, -0.05) is 6.92 Å². The Kier molecular flexibility index (Phi) is 3.71. The van der Waals surface area contributed by atoms with Gasteiger partial charge in [0, 0.05) is 18.3 Å². The number of nitrogens with zero attached hydrogens (tertiary/aromatic N) is 2. The normalized spacial score (nSPS) is 28.1. The highest BCUT2D eigenvalue weighted by atomic mass is 16.3. The van der Waals surface area contributed by atoms with Gasteiger partial charge in [0.05, 0.1) is 5.60 Å². The van der Waals surface area contributed by atoms with Gasteiger partial charge in [-0.15, -0.1) is 0 Å². The summed E-state index contributed by atoms with van der Waals surface area (Å²) in [5.41, 5.74) is 5.81. The second kappa shape index (κ2) is 5.10. The van der Waals surface area contributed by atoms with Crippen molar-refractivity contribution in [2.75, 3.05) is 17.6 Å². The van der Waals surface area contributed by atoms with Crippen LogP contribution in [0.15, 0.2) is 6.07 Å².